The van der Waals surface area contributed by atoms with Gasteiger partial charge in [-0.05, 0) is 86.4 Å². The molecule has 42 heavy (non-hydrogen) atoms. The highest BCUT2D eigenvalue weighted by atomic mass is 32.2. The maximum atomic E-state index is 14.1. The second-order valence-electron chi connectivity index (χ2n) is 12.8. The van der Waals surface area contributed by atoms with Crippen LogP contribution in [0.2, 0.25) is 0 Å². The van der Waals surface area contributed by atoms with E-state index in [-0.39, 0.29) is 22.8 Å². The lowest BCUT2D eigenvalue weighted by molar-refractivity contribution is 0.0995. The van der Waals surface area contributed by atoms with Crippen LogP contribution in [0.5, 0.6) is 0 Å². The molecule has 1 saturated carbocycles. The summed E-state index contributed by atoms with van der Waals surface area (Å²) >= 11 is 0. The minimum absolute atomic E-state index is 0.160. The van der Waals surface area contributed by atoms with E-state index in [2.05, 4.69) is 40.3 Å². The second kappa shape index (κ2) is 10.8. The van der Waals surface area contributed by atoms with Crippen molar-refractivity contribution in [3.8, 4) is 0 Å². The van der Waals surface area contributed by atoms with Gasteiger partial charge in [-0.15, -0.1) is 10.2 Å². The smallest absolute Gasteiger partial charge is 0.260 e. The number of carbonyl (C=O) groups excluding carboxylic acids is 1. The van der Waals surface area contributed by atoms with Gasteiger partial charge >= 0.3 is 0 Å². The molecule has 1 atom stereocenters. The van der Waals surface area contributed by atoms with Crippen LogP contribution in [-0.2, 0) is 35.4 Å². The van der Waals surface area contributed by atoms with Crippen molar-refractivity contribution >= 4 is 27.4 Å². The van der Waals surface area contributed by atoms with Crippen LogP contribution in [0, 0.1) is 11.8 Å². The number of hydrogen-bond donors (Lipinski definition) is 1. The number of anilines is 2. The number of amides is 1. The van der Waals surface area contributed by atoms with Crippen LogP contribution in [0.1, 0.15) is 79.3 Å². The van der Waals surface area contributed by atoms with Gasteiger partial charge in [0, 0.05) is 44.1 Å². The molecule has 1 aromatic carbocycles. The molecule has 224 valence electrons. The van der Waals surface area contributed by atoms with Crippen LogP contribution in [0.25, 0.3) is 0 Å². The molecule has 0 spiro atoms. The fourth-order valence-electron chi connectivity index (χ4n) is 7.32. The normalized spacial score (nSPS) is 24.5. The van der Waals surface area contributed by atoms with Crippen molar-refractivity contribution in [3.05, 3.63) is 58.7 Å². The zero-order chi connectivity index (χ0) is 29.8. The van der Waals surface area contributed by atoms with Gasteiger partial charge in [0.15, 0.2) is 9.84 Å². The highest BCUT2D eigenvalue weighted by Crippen LogP contribution is 2.52. The van der Waals surface area contributed by atoms with E-state index in [1.54, 1.807) is 17.3 Å². The highest BCUT2D eigenvalue weighted by Gasteiger charge is 2.49. The lowest BCUT2D eigenvalue weighted by Gasteiger charge is -2.46. The van der Waals surface area contributed by atoms with Gasteiger partial charge < -0.3 is 9.88 Å². The fourth-order valence-corrected chi connectivity index (χ4v) is 8.31. The van der Waals surface area contributed by atoms with Gasteiger partial charge in [-0.25, -0.2) is 13.4 Å². The Morgan fingerprint density at radius 1 is 1.12 bits per heavy atom. The van der Waals surface area contributed by atoms with E-state index in [9.17, 15) is 13.2 Å². The first-order valence-corrected chi connectivity index (χ1v) is 16.9. The Balaban J connectivity index is 1.40. The first-order chi connectivity index (χ1) is 20.0. The predicted octanol–water partition coefficient (Wildman–Crippen LogP) is 4.15. The summed E-state index contributed by atoms with van der Waals surface area (Å²) in [6, 6.07) is 7.72. The summed E-state index contributed by atoms with van der Waals surface area (Å²) in [5.74, 6) is 3.00. The number of aryl methyl sites for hydroxylation is 1. The molecule has 1 saturated heterocycles. The molecular weight excluding hydrogens is 550 g/mol. The van der Waals surface area contributed by atoms with Gasteiger partial charge in [0.25, 0.3) is 5.91 Å². The monoisotopic (exact) mass is 591 g/mol. The number of benzene rings is 1. The van der Waals surface area contributed by atoms with Crippen LogP contribution in [-0.4, -0.2) is 64.9 Å². The molecule has 3 aromatic rings. The lowest BCUT2D eigenvalue weighted by Crippen LogP contribution is -2.43. The third kappa shape index (κ3) is 5.10. The number of pyridine rings is 1. The number of sulfone groups is 1. The van der Waals surface area contributed by atoms with Crippen molar-refractivity contribution in [3.63, 3.8) is 0 Å². The first-order valence-electron chi connectivity index (χ1n) is 15.0. The Bertz CT molecular complexity index is 1630. The molecule has 6 rings (SSSR count). The van der Waals surface area contributed by atoms with Crippen LogP contribution >= 0.6 is 0 Å². The molecule has 1 amide bonds. The van der Waals surface area contributed by atoms with E-state index < -0.39 is 9.84 Å². The summed E-state index contributed by atoms with van der Waals surface area (Å²) in [5, 5.41) is 12.0. The van der Waals surface area contributed by atoms with Crippen molar-refractivity contribution in [2.24, 2.45) is 18.9 Å². The minimum Gasteiger partial charge on any atom is -0.370 e. The number of fused-ring (bicyclic) bond motifs is 1. The van der Waals surface area contributed by atoms with Crippen LogP contribution in [0.3, 0.4) is 0 Å². The SMILES string of the molecule is CCNc1cc(C2(c3nncn3C)CC(C)C2)cc(N2Cc3c(cc(CN4CCC[C@H](C)C4)cc3S(C)(=O)=O)C2=O)n1. The van der Waals surface area contributed by atoms with Gasteiger partial charge in [-0.2, -0.15) is 0 Å². The van der Waals surface area contributed by atoms with Crippen molar-refractivity contribution < 1.29 is 13.2 Å². The molecule has 2 fully saturated rings. The third-order valence-electron chi connectivity index (χ3n) is 9.14. The van der Waals surface area contributed by atoms with E-state index in [0.717, 1.165) is 49.3 Å². The van der Waals surface area contributed by atoms with Crippen LogP contribution < -0.4 is 10.2 Å². The molecule has 3 aliphatic rings. The van der Waals surface area contributed by atoms with Gasteiger partial charge in [0.05, 0.1) is 16.9 Å². The van der Waals surface area contributed by atoms with E-state index in [1.165, 1.54) is 12.7 Å². The van der Waals surface area contributed by atoms with Crippen LogP contribution in [0.4, 0.5) is 11.6 Å². The van der Waals surface area contributed by atoms with Crippen molar-refractivity contribution in [1.82, 2.24) is 24.6 Å². The largest absolute Gasteiger partial charge is 0.370 e. The summed E-state index contributed by atoms with van der Waals surface area (Å²) in [6.07, 6.45) is 7.12. The lowest BCUT2D eigenvalue weighted by atomic mass is 9.58. The molecule has 0 radical (unpaired) electrons. The van der Waals surface area contributed by atoms with Gasteiger partial charge in [0.2, 0.25) is 0 Å². The molecule has 1 aliphatic carbocycles. The Hall–Kier alpha value is -3.31. The van der Waals surface area contributed by atoms with Gasteiger partial charge in [-0.1, -0.05) is 13.8 Å². The zero-order valence-corrected chi connectivity index (χ0v) is 26.0. The molecule has 10 nitrogen and oxygen atoms in total. The number of nitrogens with zero attached hydrogens (tertiary/aromatic N) is 6. The number of carbonyl (C=O) groups is 1. The summed E-state index contributed by atoms with van der Waals surface area (Å²) in [4.78, 5) is 23.1. The standard InChI is InChI=1S/C31H41N7O3S/c1-6-32-27-12-23(31(14-21(3)15-31)30-35-33-19-36(30)4)13-28(34-27)38-18-25-24(29(38)39)10-22(11-26(25)42(5,40)41)17-37-9-7-8-20(2)16-37/h10-13,19-21H,6-9,14-18H2,1-5H3,(H,32,34)/t20-,21?,31?/m0/s1. The first kappa shape index (κ1) is 28.8. The molecule has 2 aliphatic heterocycles. The Morgan fingerprint density at radius 3 is 2.55 bits per heavy atom. The van der Waals surface area contributed by atoms with Gasteiger partial charge in [-0.3, -0.25) is 14.6 Å². The minimum atomic E-state index is -3.56. The Labute approximate surface area is 248 Å². The summed E-state index contributed by atoms with van der Waals surface area (Å²) < 4.78 is 28.0. The molecule has 4 heterocycles. The maximum Gasteiger partial charge on any atom is 0.260 e. The molecule has 0 unspecified atom stereocenters. The van der Waals surface area contributed by atoms with Crippen molar-refractivity contribution in [1.29, 1.82) is 0 Å². The second-order valence-corrected chi connectivity index (χ2v) is 14.7. The number of hydrogen-bond acceptors (Lipinski definition) is 8. The fraction of sp³-hybridized carbons (Fsp3) is 0.548. The number of likely N-dealkylation sites (tertiary alicyclic amines) is 1. The van der Waals surface area contributed by atoms with Crippen molar-refractivity contribution in [2.75, 3.05) is 36.1 Å². The molecule has 1 N–H and O–H groups in total. The average Bonchev–Trinajstić information content (AvgIpc) is 3.49. The molecule has 0 bridgehead atoms. The van der Waals surface area contributed by atoms with E-state index in [1.807, 2.05) is 30.7 Å². The molecular formula is C31H41N7O3S. The number of piperidine rings is 1. The highest BCUT2D eigenvalue weighted by molar-refractivity contribution is 7.90. The molecule has 2 aromatic heterocycles. The molecule has 11 heteroatoms. The van der Waals surface area contributed by atoms with Crippen LogP contribution in [0.15, 0.2) is 35.5 Å². The van der Waals surface area contributed by atoms with E-state index in [0.29, 0.717) is 47.7 Å². The zero-order valence-electron chi connectivity index (χ0n) is 25.2. The van der Waals surface area contributed by atoms with E-state index in [4.69, 9.17) is 4.98 Å². The average molecular weight is 592 g/mol. The maximum absolute atomic E-state index is 14.1. The quantitative estimate of drug-likeness (QED) is 0.416. The summed E-state index contributed by atoms with van der Waals surface area (Å²) in [7, 11) is -1.60. The predicted molar refractivity (Wildman–Crippen MR) is 162 cm³/mol. The number of nitrogens with one attached hydrogen (secondary N) is 1. The summed E-state index contributed by atoms with van der Waals surface area (Å²) in [5.41, 5.74) is 2.56. The Morgan fingerprint density at radius 2 is 1.90 bits per heavy atom. The number of rotatable bonds is 8. The third-order valence-corrected chi connectivity index (χ3v) is 10.3. The summed E-state index contributed by atoms with van der Waals surface area (Å²) in [6.45, 7) is 9.91. The number of aromatic nitrogens is 4. The Kier molecular flexibility index (Phi) is 7.37. The topological polar surface area (TPSA) is 113 Å². The van der Waals surface area contributed by atoms with E-state index >= 15 is 0 Å². The van der Waals surface area contributed by atoms with Crippen molar-refractivity contribution in [2.45, 2.75) is 69.9 Å². The van der Waals surface area contributed by atoms with Gasteiger partial charge in [0.1, 0.15) is 23.8 Å².